The van der Waals surface area contributed by atoms with Crippen molar-refractivity contribution in [2.45, 2.75) is 0 Å². The summed E-state index contributed by atoms with van der Waals surface area (Å²) in [5.41, 5.74) is 10.5. The summed E-state index contributed by atoms with van der Waals surface area (Å²) in [7, 11) is 0. The molecule has 6 heteroatoms. The van der Waals surface area contributed by atoms with Crippen LogP contribution in [0.1, 0.15) is 0 Å². The second-order valence-electron chi connectivity index (χ2n) is 9.86. The molecule has 0 aliphatic carbocycles. The number of rotatable bonds is 2. The minimum atomic E-state index is 0.787. The average Bonchev–Trinajstić information content (AvgIpc) is 3.63. The van der Waals surface area contributed by atoms with E-state index < -0.39 is 0 Å². The summed E-state index contributed by atoms with van der Waals surface area (Å²) in [4.78, 5) is 18.9. The molecule has 4 aromatic carbocycles. The van der Waals surface area contributed by atoms with Gasteiger partial charge in [0.2, 0.25) is 0 Å². The molecule has 0 saturated carbocycles. The van der Waals surface area contributed by atoms with Crippen molar-refractivity contribution in [2.24, 2.45) is 0 Å². The molecule has 0 radical (unpaired) electrons. The molecule has 5 heterocycles. The van der Waals surface area contributed by atoms with Crippen molar-refractivity contribution in [3.8, 4) is 11.4 Å². The van der Waals surface area contributed by atoms with Gasteiger partial charge in [-0.25, -0.2) is 9.97 Å². The number of para-hydroxylation sites is 3. The number of fused-ring (bicyclic) bond motifs is 9. The third-order valence-corrected chi connectivity index (χ3v) is 7.70. The zero-order chi connectivity index (χ0) is 25.5. The van der Waals surface area contributed by atoms with Gasteiger partial charge in [0, 0.05) is 44.8 Å². The van der Waals surface area contributed by atoms with Crippen molar-refractivity contribution in [1.29, 1.82) is 0 Å². The quantitative estimate of drug-likeness (QED) is 0.264. The van der Waals surface area contributed by atoms with E-state index in [1.165, 1.54) is 10.8 Å². The van der Waals surface area contributed by atoms with Crippen molar-refractivity contribution in [1.82, 2.24) is 29.1 Å². The van der Waals surface area contributed by atoms with E-state index in [-0.39, 0.29) is 0 Å². The fourth-order valence-corrected chi connectivity index (χ4v) is 6.00. The Kier molecular flexibility index (Phi) is 3.96. The van der Waals surface area contributed by atoms with E-state index >= 15 is 0 Å². The lowest BCUT2D eigenvalue weighted by Gasteiger charge is -2.09. The van der Waals surface area contributed by atoms with E-state index in [1.54, 1.807) is 0 Å². The molecule has 9 aromatic rings. The largest absolute Gasteiger partial charge is 0.355 e. The zero-order valence-corrected chi connectivity index (χ0v) is 20.7. The average molecular weight is 501 g/mol. The number of pyridine rings is 1. The molecule has 39 heavy (non-hydrogen) atoms. The molecule has 5 aromatic heterocycles. The summed E-state index contributed by atoms with van der Waals surface area (Å²) >= 11 is 0. The lowest BCUT2D eigenvalue weighted by atomic mass is 10.1. The van der Waals surface area contributed by atoms with Crippen molar-refractivity contribution < 1.29 is 0 Å². The third-order valence-electron chi connectivity index (χ3n) is 7.70. The van der Waals surface area contributed by atoms with E-state index in [4.69, 9.17) is 15.0 Å². The van der Waals surface area contributed by atoms with Crippen molar-refractivity contribution in [3.05, 3.63) is 115 Å². The number of H-pyrrole nitrogens is 1. The van der Waals surface area contributed by atoms with E-state index in [0.717, 1.165) is 66.7 Å². The van der Waals surface area contributed by atoms with Crippen LogP contribution in [-0.2, 0) is 0 Å². The van der Waals surface area contributed by atoms with Crippen molar-refractivity contribution in [2.75, 3.05) is 0 Å². The molecule has 9 rings (SSSR count). The number of benzene rings is 4. The maximum Gasteiger partial charge on any atom is 0.168 e. The molecular formula is C33H20N6. The Morgan fingerprint density at radius 1 is 0.487 bits per heavy atom. The van der Waals surface area contributed by atoms with Gasteiger partial charge in [-0.2, -0.15) is 0 Å². The monoisotopic (exact) mass is 500 g/mol. The molecule has 0 saturated heterocycles. The van der Waals surface area contributed by atoms with E-state index in [1.807, 2.05) is 18.3 Å². The molecule has 0 fully saturated rings. The fraction of sp³-hybridized carbons (Fsp3) is 0. The lowest BCUT2D eigenvalue weighted by molar-refractivity contribution is 1.10. The summed E-state index contributed by atoms with van der Waals surface area (Å²) in [6, 6.07) is 37.7. The van der Waals surface area contributed by atoms with Gasteiger partial charge in [-0.15, -0.1) is 0 Å². The van der Waals surface area contributed by atoms with Gasteiger partial charge in [0.05, 0.1) is 11.0 Å². The minimum absolute atomic E-state index is 0.787. The lowest BCUT2D eigenvalue weighted by Crippen LogP contribution is -1.99. The number of aromatic amines is 1. The van der Waals surface area contributed by atoms with Crippen LogP contribution in [0, 0.1) is 0 Å². The van der Waals surface area contributed by atoms with Gasteiger partial charge in [0.1, 0.15) is 16.6 Å². The second kappa shape index (κ2) is 7.52. The van der Waals surface area contributed by atoms with E-state index in [2.05, 4.69) is 111 Å². The first kappa shape index (κ1) is 20.6. The van der Waals surface area contributed by atoms with Crippen LogP contribution in [0.5, 0.6) is 0 Å². The van der Waals surface area contributed by atoms with Crippen LogP contribution >= 0.6 is 0 Å². The molecule has 182 valence electrons. The highest BCUT2D eigenvalue weighted by Crippen LogP contribution is 2.36. The summed E-state index contributed by atoms with van der Waals surface area (Å²) in [6.07, 6.45) is 1.83. The Hall–Kier alpha value is -5.49. The summed E-state index contributed by atoms with van der Waals surface area (Å²) < 4.78 is 4.40. The molecule has 0 spiro atoms. The molecule has 0 aliphatic heterocycles. The van der Waals surface area contributed by atoms with Crippen LogP contribution < -0.4 is 0 Å². The Morgan fingerprint density at radius 3 is 2.13 bits per heavy atom. The minimum Gasteiger partial charge on any atom is -0.355 e. The molecular weight excluding hydrogens is 480 g/mol. The maximum atomic E-state index is 5.35. The van der Waals surface area contributed by atoms with Crippen molar-refractivity contribution >= 4 is 66.1 Å². The van der Waals surface area contributed by atoms with Crippen LogP contribution in [0.2, 0.25) is 0 Å². The van der Waals surface area contributed by atoms with E-state index in [9.17, 15) is 0 Å². The maximum absolute atomic E-state index is 5.35. The van der Waals surface area contributed by atoms with Gasteiger partial charge in [0.15, 0.2) is 11.3 Å². The normalized spacial score (nSPS) is 12.1. The molecule has 0 aliphatic rings. The summed E-state index contributed by atoms with van der Waals surface area (Å²) in [6.45, 7) is 0. The third kappa shape index (κ3) is 2.77. The van der Waals surface area contributed by atoms with Gasteiger partial charge in [0.25, 0.3) is 0 Å². The van der Waals surface area contributed by atoms with Gasteiger partial charge >= 0.3 is 0 Å². The Bertz CT molecular complexity index is 2390. The first-order chi connectivity index (χ1) is 19.3. The van der Waals surface area contributed by atoms with Crippen LogP contribution in [0.4, 0.5) is 0 Å². The van der Waals surface area contributed by atoms with Gasteiger partial charge in [-0.3, -0.25) is 14.1 Å². The molecule has 6 nitrogen and oxygen atoms in total. The Morgan fingerprint density at radius 2 is 1.21 bits per heavy atom. The van der Waals surface area contributed by atoms with Gasteiger partial charge < -0.3 is 4.98 Å². The standard InChI is InChI=1S/C33H20N6/c1-2-9-20(10-3-1)38-27-14-7-5-12-23(27)29-32(38)37-33-31(36-29)30-28(15-8-18-34-30)39(33)21-16-17-26-24(19-21)22-11-4-6-13-25(22)35-26/h1-19,35H. The Balaban J connectivity index is 1.44. The fourth-order valence-electron chi connectivity index (χ4n) is 6.00. The van der Waals surface area contributed by atoms with Gasteiger partial charge in [-0.1, -0.05) is 54.6 Å². The number of hydrogen-bond donors (Lipinski definition) is 1. The number of nitrogens with one attached hydrogen (secondary N) is 1. The molecule has 0 atom stereocenters. The predicted octanol–water partition coefficient (Wildman–Crippen LogP) is 7.70. The Labute approximate surface area is 221 Å². The first-order valence-corrected chi connectivity index (χ1v) is 13.0. The number of nitrogens with zero attached hydrogens (tertiary/aromatic N) is 5. The zero-order valence-electron chi connectivity index (χ0n) is 20.7. The summed E-state index contributed by atoms with van der Waals surface area (Å²) in [5.74, 6) is 0. The molecule has 1 N–H and O–H groups in total. The first-order valence-electron chi connectivity index (χ1n) is 13.0. The van der Waals surface area contributed by atoms with Crippen LogP contribution in [0.3, 0.4) is 0 Å². The topological polar surface area (TPSA) is 64.3 Å². The molecule has 0 amide bonds. The number of aromatic nitrogens is 6. The van der Waals surface area contributed by atoms with E-state index in [0.29, 0.717) is 0 Å². The second-order valence-corrected chi connectivity index (χ2v) is 9.86. The van der Waals surface area contributed by atoms with Crippen molar-refractivity contribution in [3.63, 3.8) is 0 Å². The highest BCUT2D eigenvalue weighted by atomic mass is 15.1. The molecule has 0 bridgehead atoms. The summed E-state index contributed by atoms with van der Waals surface area (Å²) in [5, 5.41) is 3.45. The highest BCUT2D eigenvalue weighted by molar-refractivity contribution is 6.12. The highest BCUT2D eigenvalue weighted by Gasteiger charge is 2.21. The van der Waals surface area contributed by atoms with Crippen LogP contribution in [-0.4, -0.2) is 29.1 Å². The molecule has 0 unspecified atom stereocenters. The number of hydrogen-bond acceptors (Lipinski definition) is 3. The smallest absolute Gasteiger partial charge is 0.168 e. The SMILES string of the molecule is c1ccc(-n2c3ccccc3c3nc4c5ncccc5n(-c5ccc6[nH]c7ccccc7c6c5)c4nc32)cc1. The predicted molar refractivity (Wildman–Crippen MR) is 158 cm³/mol. The van der Waals surface area contributed by atoms with Crippen LogP contribution in [0.15, 0.2) is 115 Å². The van der Waals surface area contributed by atoms with Gasteiger partial charge in [-0.05, 0) is 54.6 Å². The van der Waals surface area contributed by atoms with Crippen LogP contribution in [0.25, 0.3) is 77.4 Å².